The first kappa shape index (κ1) is 18.3. The maximum absolute atomic E-state index is 12.5. The molecule has 2 aromatic heterocycles. The van der Waals surface area contributed by atoms with Crippen LogP contribution in [0.25, 0.3) is 11.4 Å². The number of amides is 1. The zero-order chi connectivity index (χ0) is 18.5. The molecule has 0 radical (unpaired) electrons. The van der Waals surface area contributed by atoms with Crippen LogP contribution in [-0.4, -0.2) is 20.9 Å². The molecule has 26 heavy (non-hydrogen) atoms. The Morgan fingerprint density at radius 2 is 2.12 bits per heavy atom. The van der Waals surface area contributed by atoms with Crippen molar-refractivity contribution in [2.45, 2.75) is 52.0 Å². The first-order valence-corrected chi connectivity index (χ1v) is 9.34. The van der Waals surface area contributed by atoms with Crippen molar-refractivity contribution in [2.24, 2.45) is 11.8 Å². The van der Waals surface area contributed by atoms with Crippen LogP contribution in [-0.2, 0) is 4.79 Å². The fourth-order valence-electron chi connectivity index (χ4n) is 3.57. The Labute approximate surface area is 153 Å². The predicted molar refractivity (Wildman–Crippen MR) is 100 cm³/mol. The van der Waals surface area contributed by atoms with Gasteiger partial charge in [-0.15, -0.1) is 0 Å². The van der Waals surface area contributed by atoms with Crippen molar-refractivity contribution in [1.82, 2.24) is 20.3 Å². The minimum Gasteiger partial charge on any atom is -0.347 e. The van der Waals surface area contributed by atoms with Crippen molar-refractivity contribution in [2.75, 3.05) is 0 Å². The van der Waals surface area contributed by atoms with Crippen LogP contribution in [0.15, 0.2) is 35.4 Å². The number of nitrogens with one attached hydrogen (secondary N) is 2. The zero-order valence-corrected chi connectivity index (χ0v) is 15.4. The van der Waals surface area contributed by atoms with E-state index in [2.05, 4.69) is 20.3 Å². The summed E-state index contributed by atoms with van der Waals surface area (Å²) in [6.45, 7) is 4.04. The minimum absolute atomic E-state index is 0.0422. The molecular formula is C20H26N4O2. The number of pyridine rings is 1. The van der Waals surface area contributed by atoms with E-state index in [1.807, 2.05) is 19.9 Å². The van der Waals surface area contributed by atoms with Gasteiger partial charge in [-0.05, 0) is 36.8 Å². The van der Waals surface area contributed by atoms with Crippen LogP contribution in [0, 0.1) is 11.8 Å². The van der Waals surface area contributed by atoms with E-state index in [0.717, 1.165) is 18.4 Å². The highest BCUT2D eigenvalue weighted by Crippen LogP contribution is 2.28. The van der Waals surface area contributed by atoms with Crippen molar-refractivity contribution in [3.05, 3.63) is 46.6 Å². The van der Waals surface area contributed by atoms with E-state index in [1.165, 1.54) is 18.9 Å². The number of hydrogen-bond donors (Lipinski definition) is 2. The Morgan fingerprint density at radius 3 is 2.77 bits per heavy atom. The highest BCUT2D eigenvalue weighted by Gasteiger charge is 2.24. The third-order valence-electron chi connectivity index (χ3n) is 4.95. The van der Waals surface area contributed by atoms with Crippen molar-refractivity contribution >= 4 is 5.91 Å². The fourth-order valence-corrected chi connectivity index (χ4v) is 3.57. The minimum atomic E-state index is -0.290. The summed E-state index contributed by atoms with van der Waals surface area (Å²) in [5, 5.41) is 3.10. The SMILES string of the molecule is CC(C)[C@@H](NC(=O)CC1CCCC1)c1cc(=O)[nH]c(-c2cccnc2)n1. The van der Waals surface area contributed by atoms with Gasteiger partial charge in [0.25, 0.3) is 5.56 Å². The van der Waals surface area contributed by atoms with Crippen molar-refractivity contribution in [3.63, 3.8) is 0 Å². The van der Waals surface area contributed by atoms with Gasteiger partial charge in [0.05, 0.1) is 11.7 Å². The van der Waals surface area contributed by atoms with Crippen LogP contribution in [0.2, 0.25) is 0 Å². The molecule has 2 heterocycles. The average molecular weight is 354 g/mol. The molecule has 0 spiro atoms. The fraction of sp³-hybridized carbons (Fsp3) is 0.500. The van der Waals surface area contributed by atoms with Gasteiger partial charge in [0.2, 0.25) is 5.91 Å². The lowest BCUT2D eigenvalue weighted by Gasteiger charge is -2.23. The summed E-state index contributed by atoms with van der Waals surface area (Å²) < 4.78 is 0. The molecule has 0 unspecified atom stereocenters. The number of carbonyl (C=O) groups excluding carboxylic acids is 1. The maximum atomic E-state index is 12.5. The van der Waals surface area contributed by atoms with Gasteiger partial charge in [0.1, 0.15) is 5.82 Å². The van der Waals surface area contributed by atoms with Gasteiger partial charge in [0.15, 0.2) is 0 Å². The number of carbonyl (C=O) groups is 1. The van der Waals surface area contributed by atoms with Crippen LogP contribution in [0.5, 0.6) is 0 Å². The molecule has 0 aromatic carbocycles. The Hall–Kier alpha value is -2.50. The van der Waals surface area contributed by atoms with Gasteiger partial charge in [0, 0.05) is 30.4 Å². The van der Waals surface area contributed by atoms with Gasteiger partial charge in [-0.3, -0.25) is 14.6 Å². The van der Waals surface area contributed by atoms with E-state index in [9.17, 15) is 9.59 Å². The van der Waals surface area contributed by atoms with Crippen LogP contribution in [0.1, 0.15) is 57.7 Å². The zero-order valence-electron chi connectivity index (χ0n) is 15.4. The molecule has 2 N–H and O–H groups in total. The van der Waals surface area contributed by atoms with Crippen LogP contribution >= 0.6 is 0 Å². The largest absolute Gasteiger partial charge is 0.347 e. The summed E-state index contributed by atoms with van der Waals surface area (Å²) in [5.74, 6) is 1.12. The summed E-state index contributed by atoms with van der Waals surface area (Å²) in [6, 6.07) is 4.82. The van der Waals surface area contributed by atoms with Crippen LogP contribution in [0.4, 0.5) is 0 Å². The van der Waals surface area contributed by atoms with E-state index >= 15 is 0 Å². The molecule has 1 fully saturated rings. The predicted octanol–water partition coefficient (Wildman–Crippen LogP) is 3.23. The van der Waals surface area contributed by atoms with Crippen LogP contribution in [0.3, 0.4) is 0 Å². The number of nitrogens with zero attached hydrogens (tertiary/aromatic N) is 2. The smallest absolute Gasteiger partial charge is 0.251 e. The van der Waals surface area contributed by atoms with Crippen molar-refractivity contribution in [3.8, 4) is 11.4 Å². The monoisotopic (exact) mass is 354 g/mol. The summed E-state index contributed by atoms with van der Waals surface area (Å²) in [7, 11) is 0. The molecule has 1 atom stereocenters. The lowest BCUT2D eigenvalue weighted by Crippen LogP contribution is -2.34. The molecule has 3 rings (SSSR count). The Balaban J connectivity index is 1.82. The molecule has 6 nitrogen and oxygen atoms in total. The number of aromatic amines is 1. The lowest BCUT2D eigenvalue weighted by molar-refractivity contribution is -0.123. The topological polar surface area (TPSA) is 87.7 Å². The molecule has 0 bridgehead atoms. The molecular weight excluding hydrogens is 328 g/mol. The molecule has 1 aliphatic carbocycles. The molecule has 1 amide bonds. The summed E-state index contributed by atoms with van der Waals surface area (Å²) in [6.07, 6.45) is 8.59. The molecule has 138 valence electrons. The first-order valence-electron chi connectivity index (χ1n) is 9.34. The highest BCUT2D eigenvalue weighted by molar-refractivity contribution is 5.76. The van der Waals surface area contributed by atoms with E-state index in [-0.39, 0.29) is 23.4 Å². The Bertz CT molecular complexity index is 795. The first-order chi connectivity index (χ1) is 12.5. The Morgan fingerprint density at radius 1 is 1.35 bits per heavy atom. The Kier molecular flexibility index (Phi) is 5.81. The van der Waals surface area contributed by atoms with E-state index in [0.29, 0.717) is 23.9 Å². The normalized spacial score (nSPS) is 16.0. The number of hydrogen-bond acceptors (Lipinski definition) is 4. The van der Waals surface area contributed by atoms with Gasteiger partial charge < -0.3 is 10.3 Å². The van der Waals surface area contributed by atoms with Gasteiger partial charge in [-0.1, -0.05) is 26.7 Å². The van der Waals surface area contributed by atoms with Gasteiger partial charge in [-0.2, -0.15) is 0 Å². The summed E-state index contributed by atoms with van der Waals surface area (Å²) in [5.41, 5.74) is 1.10. The maximum Gasteiger partial charge on any atom is 0.251 e. The van der Waals surface area contributed by atoms with E-state index in [1.54, 1.807) is 18.5 Å². The quantitative estimate of drug-likeness (QED) is 0.834. The van der Waals surface area contributed by atoms with E-state index in [4.69, 9.17) is 0 Å². The molecule has 1 saturated carbocycles. The number of H-pyrrole nitrogens is 1. The molecule has 0 saturated heterocycles. The molecule has 2 aromatic rings. The number of rotatable bonds is 6. The lowest BCUT2D eigenvalue weighted by atomic mass is 9.98. The highest BCUT2D eigenvalue weighted by atomic mass is 16.1. The summed E-state index contributed by atoms with van der Waals surface area (Å²) >= 11 is 0. The second kappa shape index (κ2) is 8.25. The van der Waals surface area contributed by atoms with Crippen molar-refractivity contribution in [1.29, 1.82) is 0 Å². The van der Waals surface area contributed by atoms with Crippen LogP contribution < -0.4 is 10.9 Å². The van der Waals surface area contributed by atoms with Crippen molar-refractivity contribution < 1.29 is 4.79 Å². The second-order valence-electron chi connectivity index (χ2n) is 7.40. The molecule has 0 aliphatic heterocycles. The van der Waals surface area contributed by atoms with Gasteiger partial charge in [-0.25, -0.2) is 4.98 Å². The third kappa shape index (κ3) is 4.56. The summed E-state index contributed by atoms with van der Waals surface area (Å²) in [4.78, 5) is 36.1. The standard InChI is InChI=1S/C20H26N4O2/c1-13(2)19(23-17(25)10-14-6-3-4-7-14)16-11-18(26)24-20(22-16)15-8-5-9-21-12-15/h5,8-9,11-14,19H,3-4,6-7,10H2,1-2H3,(H,23,25)(H,22,24,26)/t19-/m1/s1. The average Bonchev–Trinajstić information content (AvgIpc) is 3.12. The van der Waals surface area contributed by atoms with E-state index < -0.39 is 0 Å². The van der Waals surface area contributed by atoms with Gasteiger partial charge >= 0.3 is 0 Å². The third-order valence-corrected chi connectivity index (χ3v) is 4.95. The second-order valence-corrected chi connectivity index (χ2v) is 7.40. The number of aromatic nitrogens is 3. The molecule has 6 heteroatoms. The molecule has 1 aliphatic rings.